The van der Waals surface area contributed by atoms with Gasteiger partial charge in [0.1, 0.15) is 0 Å². The average molecular weight is 421 g/mol. The zero-order valence-corrected chi connectivity index (χ0v) is 16.0. The third-order valence-electron chi connectivity index (χ3n) is 4.42. The first-order valence-corrected chi connectivity index (χ1v) is 9.32. The zero-order chi connectivity index (χ0) is 21.3. The molecule has 10 nitrogen and oxygen atoms in total. The molecule has 0 fully saturated rings. The Morgan fingerprint density at radius 2 is 2.07 bits per heavy atom. The van der Waals surface area contributed by atoms with E-state index in [0.29, 0.717) is 43.6 Å². The lowest BCUT2D eigenvalue weighted by Gasteiger charge is -2.13. The minimum atomic E-state index is -2.82. The molecule has 3 rings (SSSR count). The van der Waals surface area contributed by atoms with Crippen LogP contribution in [0.4, 0.5) is 8.78 Å². The quantitative estimate of drug-likeness (QED) is 0.331. The Bertz CT molecular complexity index is 930. The van der Waals surface area contributed by atoms with E-state index in [1.807, 2.05) is 0 Å². The number of carbonyl (C=O) groups is 1. The first-order chi connectivity index (χ1) is 14.6. The van der Waals surface area contributed by atoms with Gasteiger partial charge in [0.15, 0.2) is 0 Å². The maximum absolute atomic E-state index is 12.5. The van der Waals surface area contributed by atoms with Crippen LogP contribution >= 0.6 is 0 Å². The monoisotopic (exact) mass is 421 g/mol. The lowest BCUT2D eigenvalue weighted by Crippen LogP contribution is -2.18. The van der Waals surface area contributed by atoms with Crippen molar-refractivity contribution in [2.75, 3.05) is 13.2 Å². The Kier molecular flexibility index (Phi) is 7.49. The van der Waals surface area contributed by atoms with Crippen molar-refractivity contribution in [2.24, 2.45) is 5.92 Å². The van der Waals surface area contributed by atoms with Crippen molar-refractivity contribution < 1.29 is 23.1 Å². The third-order valence-corrected chi connectivity index (χ3v) is 4.42. The predicted molar refractivity (Wildman–Crippen MR) is 99.2 cm³/mol. The number of pyridine rings is 1. The van der Waals surface area contributed by atoms with Crippen LogP contribution in [0.2, 0.25) is 0 Å². The highest BCUT2D eigenvalue weighted by Crippen LogP contribution is 2.22. The summed E-state index contributed by atoms with van der Waals surface area (Å²) in [6.45, 7) is 0.975. The molecular formula is C18H21F2N7O3. The van der Waals surface area contributed by atoms with E-state index in [1.165, 1.54) is 6.20 Å². The second kappa shape index (κ2) is 10.5. The zero-order valence-electron chi connectivity index (χ0n) is 16.0. The molecule has 3 aromatic heterocycles. The van der Waals surface area contributed by atoms with E-state index in [0.717, 1.165) is 12.1 Å². The molecule has 0 radical (unpaired) electrons. The molecule has 0 aliphatic heterocycles. The summed E-state index contributed by atoms with van der Waals surface area (Å²) in [6, 6.07) is 3.36. The highest BCUT2D eigenvalue weighted by atomic mass is 19.3. The van der Waals surface area contributed by atoms with Gasteiger partial charge in [0.25, 0.3) is 5.89 Å². The minimum Gasteiger partial charge on any atom is -0.415 e. The molecule has 2 N–H and O–H groups in total. The molecule has 30 heavy (non-hydrogen) atoms. The molecule has 3 aromatic rings. The van der Waals surface area contributed by atoms with E-state index in [1.54, 1.807) is 23.0 Å². The molecule has 3 heterocycles. The number of aliphatic hydroxyl groups is 1. The Morgan fingerprint density at radius 1 is 1.20 bits per heavy atom. The standard InChI is InChI=1S/C18H21F2N7O3/c19-16(20)18-25-24-17(30-18)13-1-2-14(22-8-13)9-27-10-15(23-26-27)7-12(4-6-28)3-5-21-11-29/h1-2,8,10-12,16,28H,3-7,9H2,(H,21,29). The van der Waals surface area contributed by atoms with Gasteiger partial charge in [-0.3, -0.25) is 9.78 Å². The third kappa shape index (κ3) is 5.86. The van der Waals surface area contributed by atoms with Crippen molar-refractivity contribution in [3.05, 3.63) is 41.8 Å². The van der Waals surface area contributed by atoms with Crippen LogP contribution in [-0.2, 0) is 17.8 Å². The highest BCUT2D eigenvalue weighted by molar-refractivity contribution is 5.50. The van der Waals surface area contributed by atoms with E-state index in [-0.39, 0.29) is 18.4 Å². The fourth-order valence-electron chi connectivity index (χ4n) is 2.93. The molecule has 160 valence electrons. The molecular weight excluding hydrogens is 400 g/mol. The SMILES string of the molecule is O=CNCCC(CCO)Cc1cn(Cc2ccc(-c3nnc(C(F)F)o3)cn2)nn1. The van der Waals surface area contributed by atoms with Gasteiger partial charge in [-0.25, -0.2) is 4.68 Å². The minimum absolute atomic E-state index is 0.0219. The van der Waals surface area contributed by atoms with E-state index < -0.39 is 12.3 Å². The normalized spacial score (nSPS) is 12.3. The van der Waals surface area contributed by atoms with Gasteiger partial charge in [0, 0.05) is 25.5 Å². The van der Waals surface area contributed by atoms with Gasteiger partial charge in [-0.05, 0) is 37.3 Å². The van der Waals surface area contributed by atoms with Crippen LogP contribution < -0.4 is 5.32 Å². The van der Waals surface area contributed by atoms with Gasteiger partial charge >= 0.3 is 6.43 Å². The van der Waals surface area contributed by atoms with Gasteiger partial charge in [0.05, 0.1) is 23.5 Å². The summed E-state index contributed by atoms with van der Waals surface area (Å²) in [5, 5.41) is 27.0. The van der Waals surface area contributed by atoms with Crippen molar-refractivity contribution >= 4 is 6.41 Å². The summed E-state index contributed by atoms with van der Waals surface area (Å²) >= 11 is 0. The fraction of sp³-hybridized carbons (Fsp3) is 0.444. The number of alkyl halides is 2. The molecule has 0 aliphatic carbocycles. The number of aliphatic hydroxyl groups excluding tert-OH is 1. The maximum Gasteiger partial charge on any atom is 0.314 e. The Balaban J connectivity index is 1.58. The van der Waals surface area contributed by atoms with E-state index in [4.69, 9.17) is 4.42 Å². The molecule has 0 aliphatic rings. The lowest BCUT2D eigenvalue weighted by atomic mass is 9.96. The van der Waals surface area contributed by atoms with Crippen molar-refractivity contribution in [1.82, 2.24) is 35.5 Å². The first kappa shape index (κ1) is 21.4. The van der Waals surface area contributed by atoms with Crippen LogP contribution in [-0.4, -0.2) is 54.8 Å². The Hall–Kier alpha value is -3.28. The van der Waals surface area contributed by atoms with Gasteiger partial charge in [0.2, 0.25) is 12.3 Å². The molecule has 12 heteroatoms. The highest BCUT2D eigenvalue weighted by Gasteiger charge is 2.17. The van der Waals surface area contributed by atoms with Crippen LogP contribution in [0, 0.1) is 5.92 Å². The molecule has 0 bridgehead atoms. The van der Waals surface area contributed by atoms with Crippen molar-refractivity contribution in [2.45, 2.75) is 32.2 Å². The summed E-state index contributed by atoms with van der Waals surface area (Å²) in [7, 11) is 0. The van der Waals surface area contributed by atoms with Gasteiger partial charge in [-0.15, -0.1) is 15.3 Å². The Labute approximate surface area is 170 Å². The first-order valence-electron chi connectivity index (χ1n) is 9.32. The number of nitrogens with zero attached hydrogens (tertiary/aromatic N) is 6. The largest absolute Gasteiger partial charge is 0.415 e. The summed E-state index contributed by atoms with van der Waals surface area (Å²) in [6.07, 6.45) is 3.08. The summed E-state index contributed by atoms with van der Waals surface area (Å²) in [5.41, 5.74) is 1.90. The van der Waals surface area contributed by atoms with Crippen molar-refractivity contribution in [1.29, 1.82) is 0 Å². The summed E-state index contributed by atoms with van der Waals surface area (Å²) < 4.78 is 31.6. The predicted octanol–water partition coefficient (Wildman–Crippen LogP) is 1.39. The van der Waals surface area contributed by atoms with E-state index >= 15 is 0 Å². The van der Waals surface area contributed by atoms with Gasteiger partial charge in [-0.1, -0.05) is 5.21 Å². The average Bonchev–Trinajstić information content (AvgIpc) is 3.39. The number of rotatable bonds is 12. The molecule has 1 atom stereocenters. The van der Waals surface area contributed by atoms with Crippen molar-refractivity contribution in [3.8, 4) is 11.5 Å². The number of nitrogens with one attached hydrogen (secondary N) is 1. The van der Waals surface area contributed by atoms with Crippen LogP contribution in [0.25, 0.3) is 11.5 Å². The molecule has 1 unspecified atom stereocenters. The fourth-order valence-corrected chi connectivity index (χ4v) is 2.93. The number of hydrogen-bond donors (Lipinski definition) is 2. The maximum atomic E-state index is 12.5. The molecule has 1 amide bonds. The van der Waals surface area contributed by atoms with Crippen molar-refractivity contribution in [3.63, 3.8) is 0 Å². The van der Waals surface area contributed by atoms with Crippen LogP contribution in [0.3, 0.4) is 0 Å². The molecule has 0 saturated carbocycles. The second-order valence-corrected chi connectivity index (χ2v) is 6.63. The van der Waals surface area contributed by atoms with Crippen LogP contribution in [0.5, 0.6) is 0 Å². The van der Waals surface area contributed by atoms with E-state index in [2.05, 4.69) is 30.8 Å². The number of carbonyl (C=O) groups excluding carboxylic acids is 1. The topological polar surface area (TPSA) is 132 Å². The molecule has 0 spiro atoms. The number of aromatic nitrogens is 6. The van der Waals surface area contributed by atoms with Gasteiger partial charge in [-0.2, -0.15) is 8.78 Å². The smallest absolute Gasteiger partial charge is 0.314 e. The Morgan fingerprint density at radius 3 is 2.73 bits per heavy atom. The number of hydrogen-bond acceptors (Lipinski definition) is 8. The number of halogens is 2. The molecule has 0 aromatic carbocycles. The van der Waals surface area contributed by atoms with Crippen LogP contribution in [0.1, 0.15) is 36.5 Å². The second-order valence-electron chi connectivity index (χ2n) is 6.63. The number of amides is 1. The van der Waals surface area contributed by atoms with Crippen LogP contribution in [0.15, 0.2) is 28.9 Å². The summed E-state index contributed by atoms with van der Waals surface area (Å²) in [5.74, 6) is -0.574. The van der Waals surface area contributed by atoms with Gasteiger partial charge < -0.3 is 14.8 Å². The van der Waals surface area contributed by atoms with E-state index in [9.17, 15) is 18.7 Å². The molecule has 0 saturated heterocycles. The lowest BCUT2D eigenvalue weighted by molar-refractivity contribution is -0.109. The summed E-state index contributed by atoms with van der Waals surface area (Å²) in [4.78, 5) is 14.7.